The molecule has 0 spiro atoms. The number of nitrogens with two attached hydrogens (primary N) is 2. The maximum absolute atomic E-state index is 14.7. The summed E-state index contributed by atoms with van der Waals surface area (Å²) in [6.45, 7) is 3.90. The predicted octanol–water partition coefficient (Wildman–Crippen LogP) is 4.31. The predicted molar refractivity (Wildman–Crippen MR) is 124 cm³/mol. The lowest BCUT2D eigenvalue weighted by atomic mass is 10.1. The Morgan fingerprint density at radius 1 is 1.13 bits per heavy atom. The number of hydrogen-bond acceptors (Lipinski definition) is 7. The van der Waals surface area contributed by atoms with Crippen LogP contribution in [-0.2, 0) is 0 Å². The average Bonchev–Trinajstić information content (AvgIpc) is 2.79. The minimum atomic E-state index is -0.515. The molecule has 0 unspecified atom stereocenters. The summed E-state index contributed by atoms with van der Waals surface area (Å²) >= 11 is 0. The summed E-state index contributed by atoms with van der Waals surface area (Å²) in [5, 5.41) is 3.42. The molecule has 5 N–H and O–H groups in total. The molecule has 31 heavy (non-hydrogen) atoms. The summed E-state index contributed by atoms with van der Waals surface area (Å²) < 4.78 is 14.7. The zero-order valence-electron chi connectivity index (χ0n) is 17.5. The molecule has 0 atom stereocenters. The molecule has 8 heteroatoms. The first-order valence-corrected chi connectivity index (χ1v) is 10.4. The van der Waals surface area contributed by atoms with Crippen LogP contribution in [0.4, 0.5) is 27.3 Å². The highest BCUT2D eigenvalue weighted by molar-refractivity contribution is 5.85. The van der Waals surface area contributed by atoms with Gasteiger partial charge in [-0.05, 0) is 44.4 Å². The van der Waals surface area contributed by atoms with E-state index in [0.29, 0.717) is 22.8 Å². The lowest BCUT2D eigenvalue weighted by Crippen LogP contribution is -2.30. The molecule has 4 heterocycles. The fraction of sp³-hybridized carbons (Fsp3) is 0.261. The van der Waals surface area contributed by atoms with Crippen molar-refractivity contribution in [2.24, 2.45) is 0 Å². The summed E-state index contributed by atoms with van der Waals surface area (Å²) in [6.07, 6.45) is 10.5. The normalized spacial score (nSPS) is 14.5. The van der Waals surface area contributed by atoms with Crippen LogP contribution >= 0.6 is 0 Å². The van der Waals surface area contributed by atoms with Crippen LogP contribution in [0.15, 0.2) is 48.9 Å². The Morgan fingerprint density at radius 2 is 1.94 bits per heavy atom. The van der Waals surface area contributed by atoms with Crippen molar-refractivity contribution in [2.75, 3.05) is 34.8 Å². The maximum Gasteiger partial charge on any atom is 0.151 e. The first kappa shape index (κ1) is 20.6. The minimum Gasteiger partial charge on any atom is -0.397 e. The second-order valence-electron chi connectivity index (χ2n) is 7.50. The largest absolute Gasteiger partial charge is 0.397 e. The lowest BCUT2D eigenvalue weighted by molar-refractivity contribution is 0.578. The standard InChI is InChI=1S/C23H26FN7/c1-2-18(29-19-14-27-9-8-20(19)31-10-4-3-5-11-31)23-17(25)12-16(24)22(30-23)15-6-7-21(26)28-13-15/h2,6-9,12-14,29H,3-5,10-11,25H2,1H3,(H2,26,28). The number of rotatable bonds is 5. The highest BCUT2D eigenvalue weighted by atomic mass is 19.1. The number of pyridine rings is 3. The molecule has 1 fully saturated rings. The zero-order chi connectivity index (χ0) is 21.8. The average molecular weight is 420 g/mol. The van der Waals surface area contributed by atoms with Crippen LogP contribution in [0, 0.1) is 5.82 Å². The number of hydrogen-bond donors (Lipinski definition) is 3. The van der Waals surface area contributed by atoms with Gasteiger partial charge in [-0.1, -0.05) is 6.08 Å². The smallest absolute Gasteiger partial charge is 0.151 e. The quantitative estimate of drug-likeness (QED) is 0.566. The molecule has 0 bridgehead atoms. The molecule has 7 nitrogen and oxygen atoms in total. The van der Waals surface area contributed by atoms with Crippen LogP contribution in [0.1, 0.15) is 31.9 Å². The molecule has 0 aromatic carbocycles. The van der Waals surface area contributed by atoms with Crippen molar-refractivity contribution >= 4 is 28.6 Å². The Hall–Kier alpha value is -3.68. The van der Waals surface area contributed by atoms with Crippen molar-refractivity contribution in [3.63, 3.8) is 0 Å². The number of aromatic nitrogens is 3. The van der Waals surface area contributed by atoms with Crippen molar-refractivity contribution < 1.29 is 4.39 Å². The minimum absolute atomic E-state index is 0.167. The molecular weight excluding hydrogens is 393 g/mol. The molecule has 0 radical (unpaired) electrons. The van der Waals surface area contributed by atoms with Crippen LogP contribution in [0.5, 0.6) is 0 Å². The van der Waals surface area contributed by atoms with E-state index >= 15 is 0 Å². The monoisotopic (exact) mass is 419 g/mol. The van der Waals surface area contributed by atoms with Gasteiger partial charge in [0.2, 0.25) is 0 Å². The van der Waals surface area contributed by atoms with Crippen molar-refractivity contribution in [2.45, 2.75) is 26.2 Å². The van der Waals surface area contributed by atoms with Gasteiger partial charge in [-0.3, -0.25) is 4.98 Å². The van der Waals surface area contributed by atoms with Crippen LogP contribution in [-0.4, -0.2) is 28.0 Å². The summed E-state index contributed by atoms with van der Waals surface area (Å²) in [5.41, 5.74) is 15.8. The number of piperidine rings is 1. The van der Waals surface area contributed by atoms with Crippen LogP contribution < -0.4 is 21.7 Å². The van der Waals surface area contributed by atoms with Gasteiger partial charge < -0.3 is 21.7 Å². The molecular formula is C23H26FN7. The van der Waals surface area contributed by atoms with Gasteiger partial charge in [0.1, 0.15) is 17.2 Å². The summed E-state index contributed by atoms with van der Waals surface area (Å²) in [7, 11) is 0. The van der Waals surface area contributed by atoms with Gasteiger partial charge in [-0.2, -0.15) is 0 Å². The third kappa shape index (κ3) is 4.42. The fourth-order valence-electron chi connectivity index (χ4n) is 3.77. The molecule has 3 aromatic rings. The van der Waals surface area contributed by atoms with Gasteiger partial charge in [-0.25, -0.2) is 14.4 Å². The van der Waals surface area contributed by atoms with E-state index in [1.165, 1.54) is 31.5 Å². The third-order valence-electron chi connectivity index (χ3n) is 5.37. The highest BCUT2D eigenvalue weighted by Crippen LogP contribution is 2.32. The van der Waals surface area contributed by atoms with Crippen molar-refractivity contribution in [3.05, 3.63) is 60.4 Å². The number of allylic oxidation sites excluding steroid dienone is 1. The Kier molecular flexibility index (Phi) is 5.97. The number of anilines is 4. The SMILES string of the molecule is CC=C(Nc1cnccc1N1CCCCC1)c1nc(-c2ccc(N)nc2)c(F)cc1N. The van der Waals surface area contributed by atoms with Crippen molar-refractivity contribution in [3.8, 4) is 11.3 Å². The molecule has 0 saturated carbocycles. The van der Waals surface area contributed by atoms with Gasteiger partial charge in [-0.15, -0.1) is 0 Å². The molecule has 160 valence electrons. The first-order chi connectivity index (χ1) is 15.1. The molecule has 1 aliphatic heterocycles. The summed E-state index contributed by atoms with van der Waals surface area (Å²) in [6, 6.07) is 6.59. The Bertz CT molecular complexity index is 1090. The summed E-state index contributed by atoms with van der Waals surface area (Å²) in [4.78, 5) is 15.2. The Balaban J connectivity index is 1.69. The van der Waals surface area contributed by atoms with Gasteiger partial charge in [0, 0.05) is 37.1 Å². The molecule has 1 aliphatic rings. The number of nitrogens with zero attached hydrogens (tertiary/aromatic N) is 4. The van der Waals surface area contributed by atoms with E-state index < -0.39 is 5.82 Å². The lowest BCUT2D eigenvalue weighted by Gasteiger charge is -2.30. The molecule has 4 rings (SSSR count). The summed E-state index contributed by atoms with van der Waals surface area (Å²) in [5.74, 6) is -0.156. The zero-order valence-corrected chi connectivity index (χ0v) is 17.5. The highest BCUT2D eigenvalue weighted by Gasteiger charge is 2.18. The second kappa shape index (κ2) is 8.99. The fourth-order valence-corrected chi connectivity index (χ4v) is 3.77. The van der Waals surface area contributed by atoms with Crippen LogP contribution in [0.3, 0.4) is 0 Å². The Morgan fingerprint density at radius 3 is 2.65 bits per heavy atom. The van der Waals surface area contributed by atoms with E-state index in [9.17, 15) is 4.39 Å². The second-order valence-corrected chi connectivity index (χ2v) is 7.50. The molecule has 0 aliphatic carbocycles. The van der Waals surface area contributed by atoms with E-state index in [0.717, 1.165) is 24.5 Å². The van der Waals surface area contributed by atoms with E-state index in [4.69, 9.17) is 11.5 Å². The van der Waals surface area contributed by atoms with E-state index in [2.05, 4.69) is 25.2 Å². The topological polar surface area (TPSA) is 106 Å². The van der Waals surface area contributed by atoms with E-state index in [-0.39, 0.29) is 11.4 Å². The van der Waals surface area contributed by atoms with Crippen LogP contribution in [0.2, 0.25) is 0 Å². The van der Waals surface area contributed by atoms with Crippen LogP contribution in [0.25, 0.3) is 17.0 Å². The third-order valence-corrected chi connectivity index (χ3v) is 5.37. The molecule has 3 aromatic heterocycles. The van der Waals surface area contributed by atoms with Gasteiger partial charge in [0.05, 0.1) is 29.0 Å². The van der Waals surface area contributed by atoms with E-state index in [1.807, 2.05) is 19.1 Å². The van der Waals surface area contributed by atoms with Crippen molar-refractivity contribution in [1.82, 2.24) is 15.0 Å². The molecule has 0 amide bonds. The number of halogens is 1. The maximum atomic E-state index is 14.7. The molecule has 1 saturated heterocycles. The first-order valence-electron chi connectivity index (χ1n) is 10.4. The number of nitrogens with one attached hydrogen (secondary N) is 1. The number of nitrogen functional groups attached to an aromatic ring is 2. The van der Waals surface area contributed by atoms with Gasteiger partial charge >= 0.3 is 0 Å². The Labute approximate surface area is 181 Å². The van der Waals surface area contributed by atoms with E-state index in [1.54, 1.807) is 24.5 Å². The van der Waals surface area contributed by atoms with Gasteiger partial charge in [0.25, 0.3) is 0 Å². The van der Waals surface area contributed by atoms with Gasteiger partial charge in [0.15, 0.2) is 5.82 Å². The van der Waals surface area contributed by atoms with Crippen molar-refractivity contribution in [1.29, 1.82) is 0 Å².